The van der Waals surface area contributed by atoms with Gasteiger partial charge in [-0.15, -0.1) is 0 Å². The number of oxazole rings is 1. The van der Waals surface area contributed by atoms with Gasteiger partial charge in [0.15, 0.2) is 18.3 Å². The van der Waals surface area contributed by atoms with Crippen molar-refractivity contribution in [2.24, 2.45) is 0 Å². The first kappa shape index (κ1) is 24.4. The summed E-state index contributed by atoms with van der Waals surface area (Å²) in [6.07, 6.45) is -8.30. The molecule has 1 amide bonds. The molecule has 5 nitrogen and oxygen atoms in total. The van der Waals surface area contributed by atoms with E-state index in [1.165, 1.54) is 6.20 Å². The van der Waals surface area contributed by atoms with E-state index in [1.54, 1.807) is 24.3 Å². The van der Waals surface area contributed by atoms with Gasteiger partial charge in [0.1, 0.15) is 5.75 Å². The number of anilines is 1. The first-order chi connectivity index (χ1) is 15.4. The topological polar surface area (TPSA) is 64.4 Å². The lowest BCUT2D eigenvalue weighted by Crippen LogP contribution is -2.21. The highest BCUT2D eigenvalue weighted by Crippen LogP contribution is 2.35. The van der Waals surface area contributed by atoms with Crippen LogP contribution < -0.4 is 10.1 Å². The molecule has 0 aliphatic heterocycles. The van der Waals surface area contributed by atoms with E-state index in [-0.39, 0.29) is 18.7 Å². The van der Waals surface area contributed by atoms with Crippen LogP contribution in [0.1, 0.15) is 17.9 Å². The van der Waals surface area contributed by atoms with E-state index in [9.17, 15) is 31.1 Å². The molecule has 0 saturated heterocycles. The summed E-state index contributed by atoms with van der Waals surface area (Å²) in [6, 6.07) is 8.50. The molecule has 0 bridgehead atoms. The molecule has 0 spiro atoms. The Hall–Kier alpha value is -3.21. The Balaban J connectivity index is 1.68. The number of benzene rings is 2. The molecule has 0 aliphatic carbocycles. The van der Waals surface area contributed by atoms with Crippen molar-refractivity contribution in [1.29, 1.82) is 0 Å². The SMILES string of the molecule is O=C(CCc1ncc(-c2ccc(Cl)cc2)o1)Nc1cc(C(F)(F)F)ccc1OCC(F)(F)F. The average molecular weight is 493 g/mol. The van der Waals surface area contributed by atoms with Crippen LogP contribution in [0.2, 0.25) is 5.02 Å². The quantitative estimate of drug-likeness (QED) is 0.381. The predicted molar refractivity (Wildman–Crippen MR) is 107 cm³/mol. The van der Waals surface area contributed by atoms with E-state index in [2.05, 4.69) is 15.0 Å². The van der Waals surface area contributed by atoms with Gasteiger partial charge < -0.3 is 14.5 Å². The fourth-order valence-electron chi connectivity index (χ4n) is 2.70. The Morgan fingerprint density at radius 2 is 1.76 bits per heavy atom. The molecular weight excluding hydrogens is 478 g/mol. The lowest BCUT2D eigenvalue weighted by Gasteiger charge is -2.16. The minimum atomic E-state index is -4.77. The summed E-state index contributed by atoms with van der Waals surface area (Å²) in [5, 5.41) is 2.69. The maximum atomic E-state index is 13.0. The lowest BCUT2D eigenvalue weighted by molar-refractivity contribution is -0.153. The van der Waals surface area contributed by atoms with Gasteiger partial charge in [-0.3, -0.25) is 4.79 Å². The maximum absolute atomic E-state index is 13.0. The van der Waals surface area contributed by atoms with Crippen LogP contribution >= 0.6 is 11.6 Å². The van der Waals surface area contributed by atoms with Crippen molar-refractivity contribution in [2.45, 2.75) is 25.2 Å². The largest absolute Gasteiger partial charge is 0.482 e. The normalized spacial score (nSPS) is 12.0. The molecule has 2 aromatic carbocycles. The maximum Gasteiger partial charge on any atom is 0.422 e. The summed E-state index contributed by atoms with van der Waals surface area (Å²) in [5.41, 5.74) is -0.996. The molecule has 1 heterocycles. The van der Waals surface area contributed by atoms with Crippen LogP contribution in [-0.2, 0) is 17.4 Å². The Labute approximate surface area is 188 Å². The van der Waals surface area contributed by atoms with Crippen molar-refractivity contribution >= 4 is 23.2 Å². The van der Waals surface area contributed by atoms with Gasteiger partial charge in [-0.05, 0) is 42.5 Å². The number of hydrogen-bond donors (Lipinski definition) is 1. The minimum Gasteiger partial charge on any atom is -0.482 e. The van der Waals surface area contributed by atoms with E-state index < -0.39 is 41.9 Å². The molecule has 176 valence electrons. The monoisotopic (exact) mass is 492 g/mol. The van der Waals surface area contributed by atoms with E-state index >= 15 is 0 Å². The highest BCUT2D eigenvalue weighted by molar-refractivity contribution is 6.30. The third-order valence-electron chi connectivity index (χ3n) is 4.22. The third-order valence-corrected chi connectivity index (χ3v) is 4.47. The molecular formula is C21H15ClF6N2O3. The van der Waals surface area contributed by atoms with E-state index in [4.69, 9.17) is 16.0 Å². The van der Waals surface area contributed by atoms with Crippen LogP contribution in [0.4, 0.5) is 32.0 Å². The second-order valence-corrected chi connectivity index (χ2v) is 7.22. The molecule has 33 heavy (non-hydrogen) atoms. The molecule has 3 aromatic rings. The zero-order chi connectivity index (χ0) is 24.2. The summed E-state index contributed by atoms with van der Waals surface area (Å²) < 4.78 is 86.4. The fourth-order valence-corrected chi connectivity index (χ4v) is 2.82. The second kappa shape index (κ2) is 9.74. The number of aromatic nitrogens is 1. The number of halogens is 7. The third kappa shape index (κ3) is 7.14. The van der Waals surface area contributed by atoms with Crippen LogP contribution in [0.25, 0.3) is 11.3 Å². The van der Waals surface area contributed by atoms with Crippen LogP contribution in [0, 0.1) is 0 Å². The molecule has 0 unspecified atom stereocenters. The fraction of sp³-hybridized carbons (Fsp3) is 0.238. The summed E-state index contributed by atoms with van der Waals surface area (Å²) >= 11 is 5.83. The molecule has 0 aliphatic rings. The highest BCUT2D eigenvalue weighted by Gasteiger charge is 2.33. The second-order valence-electron chi connectivity index (χ2n) is 6.79. The summed E-state index contributed by atoms with van der Waals surface area (Å²) in [6.45, 7) is -1.73. The molecule has 3 rings (SSSR count). The number of nitrogens with one attached hydrogen (secondary N) is 1. The number of nitrogens with zero attached hydrogens (tertiary/aromatic N) is 1. The summed E-state index contributed by atoms with van der Waals surface area (Å²) in [5.74, 6) is -0.706. The minimum absolute atomic E-state index is 0.00285. The number of ether oxygens (including phenoxy) is 1. The summed E-state index contributed by atoms with van der Waals surface area (Å²) in [7, 11) is 0. The van der Waals surface area contributed by atoms with Gasteiger partial charge in [0.05, 0.1) is 17.4 Å². The van der Waals surface area contributed by atoms with Crippen molar-refractivity contribution < 1.29 is 40.3 Å². The molecule has 0 atom stereocenters. The van der Waals surface area contributed by atoms with Gasteiger partial charge in [-0.25, -0.2) is 4.98 Å². The average Bonchev–Trinajstić information content (AvgIpc) is 3.19. The predicted octanol–water partition coefficient (Wildman–Crippen LogP) is 6.53. The van der Waals surface area contributed by atoms with Gasteiger partial charge in [-0.2, -0.15) is 26.3 Å². The van der Waals surface area contributed by atoms with Gasteiger partial charge in [0.2, 0.25) is 5.91 Å². The van der Waals surface area contributed by atoms with Gasteiger partial charge in [-0.1, -0.05) is 11.6 Å². The van der Waals surface area contributed by atoms with Crippen LogP contribution in [0.15, 0.2) is 53.1 Å². The van der Waals surface area contributed by atoms with Crippen molar-refractivity contribution in [3.63, 3.8) is 0 Å². The Morgan fingerprint density at radius 1 is 1.06 bits per heavy atom. The Kier molecular flexibility index (Phi) is 7.21. The van der Waals surface area contributed by atoms with Gasteiger partial charge in [0.25, 0.3) is 0 Å². The molecule has 1 N–H and O–H groups in total. The smallest absolute Gasteiger partial charge is 0.422 e. The lowest BCUT2D eigenvalue weighted by atomic mass is 10.1. The number of hydrogen-bond acceptors (Lipinski definition) is 4. The van der Waals surface area contributed by atoms with E-state index in [0.717, 1.165) is 6.07 Å². The van der Waals surface area contributed by atoms with Crippen molar-refractivity contribution in [2.75, 3.05) is 11.9 Å². The molecule has 12 heteroatoms. The van der Waals surface area contributed by atoms with Crippen LogP contribution in [-0.4, -0.2) is 23.7 Å². The van der Waals surface area contributed by atoms with Gasteiger partial charge in [0, 0.05) is 23.4 Å². The number of rotatable bonds is 7. The molecule has 1 aromatic heterocycles. The van der Waals surface area contributed by atoms with Gasteiger partial charge >= 0.3 is 12.4 Å². The highest BCUT2D eigenvalue weighted by atomic mass is 35.5. The molecule has 0 saturated carbocycles. The first-order valence-electron chi connectivity index (χ1n) is 9.32. The van der Waals surface area contributed by atoms with Crippen LogP contribution in [0.5, 0.6) is 5.75 Å². The van der Waals surface area contributed by atoms with Crippen LogP contribution in [0.3, 0.4) is 0 Å². The van der Waals surface area contributed by atoms with E-state index in [1.807, 2.05) is 0 Å². The number of amides is 1. The molecule has 0 radical (unpaired) electrons. The number of alkyl halides is 6. The standard InChI is InChI=1S/C21H15ClF6N2O3/c22-14-4-1-12(2-5-14)17-10-29-19(33-17)8-7-18(31)30-15-9-13(21(26,27)28)3-6-16(15)32-11-20(23,24)25/h1-6,9-10H,7-8,11H2,(H,30,31). The van der Waals surface area contributed by atoms with Crippen molar-refractivity contribution in [1.82, 2.24) is 4.98 Å². The zero-order valence-electron chi connectivity index (χ0n) is 16.6. The van der Waals surface area contributed by atoms with Crippen molar-refractivity contribution in [3.05, 3.63) is 65.1 Å². The number of carbonyl (C=O) groups excluding carboxylic acids is 1. The number of carbonyl (C=O) groups is 1. The van der Waals surface area contributed by atoms with Crippen molar-refractivity contribution in [3.8, 4) is 17.1 Å². The zero-order valence-corrected chi connectivity index (χ0v) is 17.3. The Morgan fingerprint density at radius 3 is 2.39 bits per heavy atom. The first-order valence-corrected chi connectivity index (χ1v) is 9.70. The summed E-state index contributed by atoms with van der Waals surface area (Å²) in [4.78, 5) is 16.3. The van der Waals surface area contributed by atoms with E-state index in [0.29, 0.717) is 28.5 Å². The number of aryl methyl sites for hydroxylation is 1. The Bertz CT molecular complexity index is 1110. The molecule has 0 fully saturated rings.